The summed E-state index contributed by atoms with van der Waals surface area (Å²) in [5.74, 6) is -4.70. The van der Waals surface area contributed by atoms with Gasteiger partial charge in [-0.05, 0) is 73.3 Å². The Bertz CT molecular complexity index is 2150. The van der Waals surface area contributed by atoms with Gasteiger partial charge in [-0.1, -0.05) is 109 Å². The Balaban J connectivity index is 1.18. The predicted octanol–water partition coefficient (Wildman–Crippen LogP) is 2.85. The van der Waals surface area contributed by atoms with Gasteiger partial charge in [-0.2, -0.15) is 0 Å². The van der Waals surface area contributed by atoms with Gasteiger partial charge in [0.1, 0.15) is 24.2 Å². The van der Waals surface area contributed by atoms with Gasteiger partial charge in [0.2, 0.25) is 23.6 Å². The molecule has 0 bridgehead atoms. The van der Waals surface area contributed by atoms with E-state index in [9.17, 15) is 33.9 Å². The maximum Gasteiger partial charge on any atom is 0.305 e. The number of nitrogens with two attached hydrogens (primary N) is 2. The molecule has 2 aliphatic rings. The highest BCUT2D eigenvalue weighted by Crippen LogP contribution is 2.39. The van der Waals surface area contributed by atoms with Crippen molar-refractivity contribution < 1.29 is 33.9 Å². The molecule has 4 aromatic rings. The van der Waals surface area contributed by atoms with Crippen molar-refractivity contribution in [3.63, 3.8) is 0 Å². The highest BCUT2D eigenvalue weighted by atomic mass is 16.4. The number of aliphatic imine (C=N–C) groups is 1. The molecule has 1 unspecified atom stereocenters. The van der Waals surface area contributed by atoms with Crippen molar-refractivity contribution in [2.75, 3.05) is 13.1 Å². The molecule has 0 radical (unpaired) electrons. The number of rotatable bonds is 19. The molecule has 2 saturated heterocycles. The van der Waals surface area contributed by atoms with Gasteiger partial charge in [0.15, 0.2) is 5.96 Å². The molecule has 6 atom stereocenters. The molecule has 0 spiro atoms. The summed E-state index contributed by atoms with van der Waals surface area (Å²) < 4.78 is 0. The fourth-order valence-electron chi connectivity index (χ4n) is 8.56. The molecule has 62 heavy (non-hydrogen) atoms. The van der Waals surface area contributed by atoms with Crippen molar-refractivity contribution in [3.05, 3.63) is 144 Å². The second-order valence-electron chi connectivity index (χ2n) is 15.8. The van der Waals surface area contributed by atoms with E-state index in [0.717, 1.165) is 16.7 Å². The lowest BCUT2D eigenvalue weighted by atomic mass is 9.86. The number of amides is 5. The summed E-state index contributed by atoms with van der Waals surface area (Å²) in [6.45, 7) is 0.0879. The van der Waals surface area contributed by atoms with Crippen molar-refractivity contribution in [2.45, 2.75) is 81.1 Å². The van der Waals surface area contributed by atoms with E-state index in [0.29, 0.717) is 31.2 Å². The van der Waals surface area contributed by atoms with Crippen LogP contribution >= 0.6 is 0 Å². The third-order valence-corrected chi connectivity index (χ3v) is 11.5. The maximum atomic E-state index is 14.4. The Labute approximate surface area is 360 Å². The first-order valence-electron chi connectivity index (χ1n) is 21.0. The number of carboxylic acids is 1. The smallest absolute Gasteiger partial charge is 0.305 e. The zero-order valence-corrected chi connectivity index (χ0v) is 34.4. The van der Waals surface area contributed by atoms with Crippen molar-refractivity contribution in [1.82, 2.24) is 26.2 Å². The van der Waals surface area contributed by atoms with Crippen LogP contribution in [0.3, 0.4) is 0 Å². The van der Waals surface area contributed by atoms with E-state index in [1.165, 1.54) is 0 Å². The Kier molecular flexibility index (Phi) is 15.4. The fraction of sp³-hybridized carbons (Fsp3) is 0.340. The minimum Gasteiger partial charge on any atom is -0.481 e. The van der Waals surface area contributed by atoms with Gasteiger partial charge in [-0.3, -0.25) is 33.8 Å². The van der Waals surface area contributed by atoms with Crippen LogP contribution in [0.4, 0.5) is 0 Å². The monoisotopic (exact) mass is 842 g/mol. The Morgan fingerprint density at radius 3 is 1.94 bits per heavy atom. The summed E-state index contributed by atoms with van der Waals surface area (Å²) in [5, 5.41) is 20.8. The number of aliphatic carboxylic acids is 1. The van der Waals surface area contributed by atoms with E-state index in [4.69, 9.17) is 11.5 Å². The molecule has 4 aromatic carbocycles. The van der Waals surface area contributed by atoms with Crippen LogP contribution in [0.1, 0.15) is 71.5 Å². The minimum atomic E-state index is -1.49. The van der Waals surface area contributed by atoms with Crippen LogP contribution in [-0.4, -0.2) is 94.8 Å². The molecule has 0 aliphatic carbocycles. The maximum absolute atomic E-state index is 14.4. The fourth-order valence-corrected chi connectivity index (χ4v) is 8.56. The van der Waals surface area contributed by atoms with E-state index in [1.807, 2.05) is 91.0 Å². The number of nitrogens with one attached hydrogen (secondary N) is 4. The summed E-state index contributed by atoms with van der Waals surface area (Å²) in [5.41, 5.74) is 14.7. The SMILES string of the molecule is NC(N)=NCC[C@H](NC(=O)[C@@H]1C[C@@H](Cc2ccccc2)[C@@H]2CCC(NC(=O)c3ccccc3)C(=O)N12)C(=O)N[C@@H](CC(=O)O)C(=O)NCCC(c1ccccc1)c1ccccc1. The number of carboxylic acid groups (broad SMARTS) is 1. The lowest BCUT2D eigenvalue weighted by Gasteiger charge is -2.39. The second kappa shape index (κ2) is 21.5. The van der Waals surface area contributed by atoms with Crippen molar-refractivity contribution in [1.29, 1.82) is 0 Å². The molecular formula is C47H54N8O7. The number of hydrogen-bond acceptors (Lipinski definition) is 7. The van der Waals surface area contributed by atoms with E-state index >= 15 is 0 Å². The lowest BCUT2D eigenvalue weighted by molar-refractivity contribution is -0.145. The van der Waals surface area contributed by atoms with Crippen molar-refractivity contribution in [2.24, 2.45) is 22.4 Å². The van der Waals surface area contributed by atoms with Crippen LogP contribution in [0.5, 0.6) is 0 Å². The zero-order valence-electron chi connectivity index (χ0n) is 34.4. The molecular weight excluding hydrogens is 789 g/mol. The van der Waals surface area contributed by atoms with E-state index in [-0.39, 0.29) is 49.8 Å². The zero-order chi connectivity index (χ0) is 44.0. The van der Waals surface area contributed by atoms with Crippen LogP contribution in [0.15, 0.2) is 126 Å². The van der Waals surface area contributed by atoms with Crippen LogP contribution in [0.2, 0.25) is 0 Å². The average molecular weight is 843 g/mol. The molecule has 0 saturated carbocycles. The lowest BCUT2D eigenvalue weighted by Crippen LogP contribution is -2.61. The molecule has 15 heteroatoms. The number of guanidine groups is 1. The van der Waals surface area contributed by atoms with Gasteiger partial charge in [-0.25, -0.2) is 0 Å². The van der Waals surface area contributed by atoms with Crippen molar-refractivity contribution >= 4 is 41.5 Å². The predicted molar refractivity (Wildman–Crippen MR) is 233 cm³/mol. The molecule has 2 aliphatic heterocycles. The largest absolute Gasteiger partial charge is 0.481 e. The summed E-state index contributed by atoms with van der Waals surface area (Å²) in [7, 11) is 0. The third-order valence-electron chi connectivity index (χ3n) is 11.5. The first-order valence-corrected chi connectivity index (χ1v) is 21.0. The van der Waals surface area contributed by atoms with E-state index in [2.05, 4.69) is 26.3 Å². The van der Waals surface area contributed by atoms with Gasteiger partial charge in [0, 0.05) is 30.6 Å². The van der Waals surface area contributed by atoms with E-state index < -0.39 is 66.1 Å². The Morgan fingerprint density at radius 1 is 0.742 bits per heavy atom. The molecule has 324 valence electrons. The normalized spacial score (nSPS) is 19.0. The minimum absolute atomic E-state index is 0.0648. The van der Waals surface area contributed by atoms with Crippen molar-refractivity contribution in [3.8, 4) is 0 Å². The number of benzene rings is 4. The summed E-state index contributed by atoms with van der Waals surface area (Å²) >= 11 is 0. The van der Waals surface area contributed by atoms with Gasteiger partial charge in [0.05, 0.1) is 6.42 Å². The first-order chi connectivity index (χ1) is 30.0. The van der Waals surface area contributed by atoms with Crippen LogP contribution in [-0.2, 0) is 30.4 Å². The van der Waals surface area contributed by atoms with Crippen LogP contribution < -0.4 is 32.7 Å². The highest BCUT2D eigenvalue weighted by Gasteiger charge is 2.51. The molecule has 9 N–H and O–H groups in total. The summed E-state index contributed by atoms with van der Waals surface area (Å²) in [6.07, 6.45) is 1.45. The molecule has 15 nitrogen and oxygen atoms in total. The Morgan fingerprint density at radius 2 is 1.34 bits per heavy atom. The molecule has 2 fully saturated rings. The van der Waals surface area contributed by atoms with Gasteiger partial charge >= 0.3 is 5.97 Å². The standard InChI is InChI=1S/C47H54N8O7/c48-47(49)51-26-24-36(44(60)54-38(29-41(56)57)43(59)50-25-23-35(31-15-7-2-8-16-31)32-17-9-3-10-18-32)52-45(61)40-28-34(27-30-13-5-1-6-14-30)39-22-21-37(46(62)55(39)40)53-42(58)33-19-11-4-12-20-33/h1-20,34-40H,21-29H2,(H,50,59)(H,52,61)(H,53,58)(H,54,60)(H,56,57)(H4,48,49,51)/t34-,36+,37?,38+,39+,40+/m1/s1. The molecule has 2 heterocycles. The average Bonchev–Trinajstić information content (AvgIpc) is 3.65. The summed E-state index contributed by atoms with van der Waals surface area (Å²) in [6, 6.07) is 32.9. The molecule has 0 aromatic heterocycles. The summed E-state index contributed by atoms with van der Waals surface area (Å²) in [4.78, 5) is 87.0. The number of carbonyl (C=O) groups is 6. The molecule has 6 rings (SSSR count). The number of hydrogen-bond donors (Lipinski definition) is 7. The van der Waals surface area contributed by atoms with Gasteiger partial charge in [0.25, 0.3) is 5.91 Å². The number of nitrogens with zero attached hydrogens (tertiary/aromatic N) is 2. The van der Waals surface area contributed by atoms with Gasteiger partial charge < -0.3 is 42.7 Å². The first kappa shape index (κ1) is 44.5. The Hall–Kier alpha value is -7.03. The number of piperidine rings is 1. The quantitative estimate of drug-likeness (QED) is 0.0542. The number of fused-ring (bicyclic) bond motifs is 1. The topological polar surface area (TPSA) is 238 Å². The third kappa shape index (κ3) is 11.8. The van der Waals surface area contributed by atoms with Gasteiger partial charge in [-0.15, -0.1) is 0 Å². The highest BCUT2D eigenvalue weighted by molar-refractivity contribution is 5.99. The van der Waals surface area contributed by atoms with E-state index in [1.54, 1.807) is 35.2 Å². The number of carbonyl (C=O) groups excluding carboxylic acids is 5. The van der Waals surface area contributed by atoms with Crippen LogP contribution in [0.25, 0.3) is 0 Å². The van der Waals surface area contributed by atoms with Crippen LogP contribution in [0, 0.1) is 5.92 Å². The second-order valence-corrected chi connectivity index (χ2v) is 15.8. The molecule has 5 amide bonds.